The molecule has 7 nitrogen and oxygen atoms in total. The Morgan fingerprint density at radius 2 is 1.37 bits per heavy atom. The van der Waals surface area contributed by atoms with Crippen LogP contribution in [-0.4, -0.2) is 30.4 Å². The van der Waals surface area contributed by atoms with Crippen molar-refractivity contribution < 1.29 is 18.0 Å². The summed E-state index contributed by atoms with van der Waals surface area (Å²) in [5.74, 6) is -1.38. The minimum atomic E-state index is -4.40. The minimum absolute atomic E-state index is 0.0433. The lowest BCUT2D eigenvalue weighted by molar-refractivity contribution is -0.134. The number of nitrogens with zero attached hydrogens (tertiary/aromatic N) is 2. The maximum Gasteiger partial charge on any atom is 0.288 e. The highest BCUT2D eigenvalue weighted by atomic mass is 32.2. The second kappa shape index (κ2) is 10.1. The number of benzene rings is 4. The number of carbonyl (C=O) groups is 2. The molecule has 1 atom stereocenters. The van der Waals surface area contributed by atoms with Crippen molar-refractivity contribution in [3.8, 4) is 0 Å². The van der Waals surface area contributed by atoms with E-state index in [1.54, 1.807) is 97.1 Å². The number of nitrogens with one attached hydrogen (secondary N) is 1. The fourth-order valence-electron chi connectivity index (χ4n) is 4.42. The predicted octanol–water partition coefficient (Wildman–Crippen LogP) is 4.65. The fourth-order valence-corrected chi connectivity index (χ4v) is 5.68. The lowest BCUT2D eigenvalue weighted by atomic mass is 9.81. The van der Waals surface area contributed by atoms with E-state index in [0.29, 0.717) is 26.8 Å². The lowest BCUT2D eigenvalue weighted by Crippen LogP contribution is -2.60. The molecule has 4 aromatic carbocycles. The van der Waals surface area contributed by atoms with Gasteiger partial charge in [0.25, 0.3) is 21.8 Å². The Bertz CT molecular complexity index is 1600. The third-order valence-corrected chi connectivity index (χ3v) is 8.04. The van der Waals surface area contributed by atoms with Crippen molar-refractivity contribution in [3.05, 3.63) is 138 Å². The summed E-state index contributed by atoms with van der Waals surface area (Å²) in [5, 5.41) is 7.27. The van der Waals surface area contributed by atoms with Gasteiger partial charge in [-0.15, -0.1) is 4.41 Å². The molecule has 5 rings (SSSR count). The number of carbonyl (C=O) groups excluding carboxylic acids is 2. The van der Waals surface area contributed by atoms with Crippen LogP contribution in [0.15, 0.2) is 125 Å². The van der Waals surface area contributed by atoms with Crippen LogP contribution < -0.4 is 5.32 Å². The Labute approximate surface area is 221 Å². The average Bonchev–Trinajstić information content (AvgIpc) is 2.95. The number of amides is 2. The quantitative estimate of drug-likeness (QED) is 0.398. The fraction of sp³-hybridized carbons (Fsp3) is 0.100. The monoisotopic (exact) mass is 523 g/mol. The third kappa shape index (κ3) is 4.62. The first-order valence-electron chi connectivity index (χ1n) is 12.0. The summed E-state index contributed by atoms with van der Waals surface area (Å²) >= 11 is 0. The molecule has 0 saturated carbocycles. The molecule has 2 amide bonds. The number of rotatable bonds is 6. The van der Waals surface area contributed by atoms with Crippen LogP contribution in [0.25, 0.3) is 0 Å². The highest BCUT2D eigenvalue weighted by Crippen LogP contribution is 2.36. The van der Waals surface area contributed by atoms with Crippen LogP contribution >= 0.6 is 0 Å². The summed E-state index contributed by atoms with van der Waals surface area (Å²) < 4.78 is 28.2. The summed E-state index contributed by atoms with van der Waals surface area (Å²) in [6.07, 6.45) is -0.0433. The molecule has 0 saturated heterocycles. The van der Waals surface area contributed by atoms with E-state index in [1.807, 2.05) is 13.0 Å². The lowest BCUT2D eigenvalue weighted by Gasteiger charge is -2.40. The van der Waals surface area contributed by atoms with Crippen LogP contribution in [0, 0.1) is 6.92 Å². The number of aryl methyl sites for hydroxylation is 1. The van der Waals surface area contributed by atoms with Gasteiger partial charge in [-0.3, -0.25) is 9.59 Å². The summed E-state index contributed by atoms with van der Waals surface area (Å²) in [4.78, 5) is 27.7. The van der Waals surface area contributed by atoms with E-state index in [9.17, 15) is 18.0 Å². The van der Waals surface area contributed by atoms with E-state index in [-0.39, 0.29) is 11.3 Å². The van der Waals surface area contributed by atoms with Gasteiger partial charge in [0.15, 0.2) is 5.54 Å². The first kappa shape index (κ1) is 25.1. The summed E-state index contributed by atoms with van der Waals surface area (Å²) in [7, 11) is -4.40. The molecule has 0 fully saturated rings. The second-order valence-corrected chi connectivity index (χ2v) is 10.8. The van der Waals surface area contributed by atoms with Crippen molar-refractivity contribution >= 4 is 27.5 Å². The average molecular weight is 524 g/mol. The zero-order valence-electron chi connectivity index (χ0n) is 20.6. The highest BCUT2D eigenvalue weighted by molar-refractivity contribution is 7.89. The SMILES string of the molecule is Cc1ccc(S(=O)(=O)N2N=C(c3ccccc3)C[C@](NC(=O)c3ccccc3)(c3ccccc3)C2=O)cc1. The van der Waals surface area contributed by atoms with Gasteiger partial charge in [0.2, 0.25) is 0 Å². The van der Waals surface area contributed by atoms with Gasteiger partial charge in [0, 0.05) is 12.0 Å². The molecule has 8 heteroatoms. The van der Waals surface area contributed by atoms with Crippen LogP contribution in [0.2, 0.25) is 0 Å². The van der Waals surface area contributed by atoms with E-state index in [4.69, 9.17) is 0 Å². The van der Waals surface area contributed by atoms with Gasteiger partial charge in [-0.2, -0.15) is 13.5 Å². The number of hydrazone groups is 1. The Kier molecular flexibility index (Phi) is 6.65. The second-order valence-electron chi connectivity index (χ2n) is 9.05. The van der Waals surface area contributed by atoms with Crippen LogP contribution in [-0.2, 0) is 20.4 Å². The van der Waals surface area contributed by atoms with Gasteiger partial charge in [-0.25, -0.2) is 0 Å². The molecule has 1 N–H and O–H groups in total. The number of sulfonamides is 1. The largest absolute Gasteiger partial charge is 0.334 e. The van der Waals surface area contributed by atoms with Crippen molar-refractivity contribution in [3.63, 3.8) is 0 Å². The molecule has 1 heterocycles. The number of hydrogen-bond acceptors (Lipinski definition) is 5. The van der Waals surface area contributed by atoms with E-state index < -0.39 is 27.4 Å². The zero-order valence-corrected chi connectivity index (χ0v) is 21.4. The van der Waals surface area contributed by atoms with Crippen LogP contribution in [0.3, 0.4) is 0 Å². The van der Waals surface area contributed by atoms with Crippen molar-refractivity contribution in [2.45, 2.75) is 23.8 Å². The molecule has 1 aliphatic heterocycles. The smallest absolute Gasteiger partial charge is 0.288 e. The maximum atomic E-state index is 14.3. The minimum Gasteiger partial charge on any atom is -0.334 e. The van der Waals surface area contributed by atoms with Crippen molar-refractivity contribution in [1.29, 1.82) is 0 Å². The molecule has 0 bridgehead atoms. The van der Waals surface area contributed by atoms with Crippen LogP contribution in [0.4, 0.5) is 0 Å². The molecule has 4 aromatic rings. The zero-order chi connectivity index (χ0) is 26.8. The van der Waals surface area contributed by atoms with E-state index in [0.717, 1.165) is 5.56 Å². The van der Waals surface area contributed by atoms with Crippen LogP contribution in [0.5, 0.6) is 0 Å². The summed E-state index contributed by atoms with van der Waals surface area (Å²) in [6.45, 7) is 1.84. The Morgan fingerprint density at radius 1 is 0.816 bits per heavy atom. The molecule has 38 heavy (non-hydrogen) atoms. The van der Waals surface area contributed by atoms with Gasteiger partial charge in [0.05, 0.1) is 10.6 Å². The van der Waals surface area contributed by atoms with Crippen molar-refractivity contribution in [1.82, 2.24) is 9.73 Å². The maximum absolute atomic E-state index is 14.3. The van der Waals surface area contributed by atoms with Crippen molar-refractivity contribution in [2.75, 3.05) is 0 Å². The third-order valence-electron chi connectivity index (χ3n) is 6.47. The standard InChI is InChI=1S/C30H25N3O4S/c1-22-17-19-26(20-18-22)38(36,37)33-29(35)30(25-15-9-4-10-16-25,31-28(34)24-13-7-3-8-14-24)21-27(32-33)23-11-5-2-6-12-23/h2-20H,21H2,1H3,(H,31,34)/t30-/m0/s1. The molecular formula is C30H25N3O4S. The first-order valence-corrected chi connectivity index (χ1v) is 13.5. The normalized spacial score (nSPS) is 17.6. The van der Waals surface area contributed by atoms with Gasteiger partial charge in [0.1, 0.15) is 0 Å². The molecule has 1 aliphatic rings. The van der Waals surface area contributed by atoms with Crippen LogP contribution in [0.1, 0.15) is 33.5 Å². The Balaban J connectivity index is 1.71. The molecular weight excluding hydrogens is 498 g/mol. The van der Waals surface area contributed by atoms with E-state index in [1.165, 1.54) is 12.1 Å². The molecule has 0 unspecified atom stereocenters. The first-order chi connectivity index (χ1) is 18.3. The van der Waals surface area contributed by atoms with Gasteiger partial charge >= 0.3 is 0 Å². The molecule has 0 spiro atoms. The highest BCUT2D eigenvalue weighted by Gasteiger charge is 2.52. The van der Waals surface area contributed by atoms with Crippen molar-refractivity contribution in [2.24, 2.45) is 5.10 Å². The topological polar surface area (TPSA) is 95.9 Å². The van der Waals surface area contributed by atoms with E-state index in [2.05, 4.69) is 10.4 Å². The molecule has 0 radical (unpaired) electrons. The number of hydrogen-bond donors (Lipinski definition) is 1. The molecule has 0 aliphatic carbocycles. The molecule has 190 valence electrons. The summed E-state index contributed by atoms with van der Waals surface area (Å²) in [6, 6.07) is 32.4. The van der Waals surface area contributed by atoms with E-state index >= 15 is 0 Å². The van der Waals surface area contributed by atoms with Gasteiger partial charge < -0.3 is 5.32 Å². The Hall–Kier alpha value is -4.56. The molecule has 0 aromatic heterocycles. The Morgan fingerprint density at radius 3 is 1.97 bits per heavy atom. The van der Waals surface area contributed by atoms with Gasteiger partial charge in [-0.1, -0.05) is 96.6 Å². The summed E-state index contributed by atoms with van der Waals surface area (Å²) in [5.41, 5.74) is 0.903. The predicted molar refractivity (Wildman–Crippen MR) is 145 cm³/mol. The van der Waals surface area contributed by atoms with Gasteiger partial charge in [-0.05, 0) is 42.3 Å².